The minimum atomic E-state index is -3.98. The van der Waals surface area contributed by atoms with Gasteiger partial charge in [-0.05, 0) is 50.2 Å². The second-order valence-corrected chi connectivity index (χ2v) is 9.47. The van der Waals surface area contributed by atoms with E-state index >= 15 is 0 Å². The number of aryl methyl sites for hydroxylation is 1. The second-order valence-electron chi connectivity index (χ2n) is 7.56. The largest absolute Gasteiger partial charge is 0.336 e. The van der Waals surface area contributed by atoms with Crippen LogP contribution in [0.5, 0.6) is 0 Å². The lowest BCUT2D eigenvalue weighted by molar-refractivity contribution is 0.0696. The Bertz CT molecular complexity index is 1260. The summed E-state index contributed by atoms with van der Waals surface area (Å²) in [6.45, 7) is 3.95. The number of sulfonamides is 1. The zero-order valence-electron chi connectivity index (χ0n) is 17.6. The van der Waals surface area contributed by atoms with Crippen LogP contribution in [0.25, 0.3) is 5.69 Å². The number of nitrogens with zero attached hydrogens (tertiary/aromatic N) is 4. The highest BCUT2D eigenvalue weighted by Crippen LogP contribution is 2.23. The van der Waals surface area contributed by atoms with Crippen LogP contribution < -0.4 is 0 Å². The smallest absolute Gasteiger partial charge is 0.257 e. The third kappa shape index (κ3) is 3.91. The number of carbonyl (C=O) groups excluding carboxylic acids is 1. The van der Waals surface area contributed by atoms with Gasteiger partial charge in [0.05, 0.1) is 22.6 Å². The summed E-state index contributed by atoms with van der Waals surface area (Å²) in [5, 5.41) is 4.43. The molecule has 0 radical (unpaired) electrons. The molecule has 7 nitrogen and oxygen atoms in total. The molecular weight excluding hydrogens is 438 g/mol. The summed E-state index contributed by atoms with van der Waals surface area (Å²) in [7, 11) is -3.98. The Morgan fingerprint density at radius 3 is 2.19 bits per heavy atom. The van der Waals surface area contributed by atoms with E-state index in [1.54, 1.807) is 35.6 Å². The van der Waals surface area contributed by atoms with Gasteiger partial charge < -0.3 is 4.90 Å². The summed E-state index contributed by atoms with van der Waals surface area (Å²) in [5.74, 6) is -1.42. The Balaban J connectivity index is 1.52. The number of benzene rings is 2. The monoisotopic (exact) mass is 460 g/mol. The second kappa shape index (κ2) is 8.44. The summed E-state index contributed by atoms with van der Waals surface area (Å²) < 4.78 is 55.6. The molecule has 0 unspecified atom stereocenters. The van der Waals surface area contributed by atoms with E-state index < -0.39 is 15.8 Å². The minimum absolute atomic E-state index is 0.0621. The first-order valence-corrected chi connectivity index (χ1v) is 11.5. The van der Waals surface area contributed by atoms with Crippen LogP contribution in [0.2, 0.25) is 0 Å². The number of hydrogen-bond acceptors (Lipinski definition) is 4. The van der Waals surface area contributed by atoms with Crippen molar-refractivity contribution >= 4 is 15.9 Å². The van der Waals surface area contributed by atoms with Crippen molar-refractivity contribution < 1.29 is 22.0 Å². The van der Waals surface area contributed by atoms with Crippen LogP contribution in [-0.4, -0.2) is 59.5 Å². The average Bonchev–Trinajstić information content (AvgIpc) is 3.08. The summed E-state index contributed by atoms with van der Waals surface area (Å²) in [6.07, 6.45) is 0. The van der Waals surface area contributed by atoms with Crippen molar-refractivity contribution in [1.82, 2.24) is 19.0 Å². The van der Waals surface area contributed by atoms with Crippen molar-refractivity contribution in [3.63, 3.8) is 0 Å². The first-order valence-electron chi connectivity index (χ1n) is 10.1. The van der Waals surface area contributed by atoms with Gasteiger partial charge in [-0.2, -0.15) is 9.40 Å². The molecule has 3 aromatic rings. The number of piperazine rings is 1. The van der Waals surface area contributed by atoms with E-state index in [0.717, 1.165) is 6.07 Å². The molecule has 32 heavy (non-hydrogen) atoms. The van der Waals surface area contributed by atoms with Crippen LogP contribution in [0.4, 0.5) is 8.78 Å². The molecule has 0 atom stereocenters. The molecule has 168 valence electrons. The third-order valence-corrected chi connectivity index (χ3v) is 7.49. The fraction of sp³-hybridized carbons (Fsp3) is 0.273. The maximum absolute atomic E-state index is 14.0. The lowest BCUT2D eigenvalue weighted by Gasteiger charge is -2.34. The van der Waals surface area contributed by atoms with E-state index in [1.807, 2.05) is 0 Å². The fourth-order valence-electron chi connectivity index (χ4n) is 3.87. The summed E-state index contributed by atoms with van der Waals surface area (Å²) >= 11 is 0. The topological polar surface area (TPSA) is 75.5 Å². The lowest BCUT2D eigenvalue weighted by Crippen LogP contribution is -2.50. The van der Waals surface area contributed by atoms with Crippen LogP contribution in [0.3, 0.4) is 0 Å². The van der Waals surface area contributed by atoms with Crippen molar-refractivity contribution in [2.45, 2.75) is 18.7 Å². The molecule has 0 aliphatic carbocycles. The SMILES string of the molecule is Cc1nn(-c2ccc(F)cc2)c(C)c1C(=O)N1CCN(S(=O)(=O)c2ccccc2F)CC1. The average molecular weight is 461 g/mol. The van der Waals surface area contributed by atoms with E-state index in [0.29, 0.717) is 22.6 Å². The molecule has 0 spiro atoms. The molecule has 0 N–H and O–H groups in total. The number of carbonyl (C=O) groups is 1. The normalized spacial score (nSPS) is 15.2. The highest BCUT2D eigenvalue weighted by Gasteiger charge is 2.33. The highest BCUT2D eigenvalue weighted by atomic mass is 32.2. The summed E-state index contributed by atoms with van der Waals surface area (Å²) in [6, 6.07) is 11.0. The molecule has 0 saturated carbocycles. The first kappa shape index (κ1) is 22.1. The Labute approximate surface area is 184 Å². The van der Waals surface area contributed by atoms with Gasteiger partial charge in [0.2, 0.25) is 10.0 Å². The van der Waals surface area contributed by atoms with Crippen LogP contribution in [0.15, 0.2) is 53.4 Å². The van der Waals surface area contributed by atoms with Crippen molar-refractivity contribution in [2.24, 2.45) is 0 Å². The Morgan fingerprint density at radius 1 is 0.938 bits per heavy atom. The predicted octanol–water partition coefficient (Wildman–Crippen LogP) is 2.91. The maximum atomic E-state index is 14.0. The van der Waals surface area contributed by atoms with Crippen molar-refractivity contribution in [1.29, 1.82) is 0 Å². The molecule has 10 heteroatoms. The number of hydrogen-bond donors (Lipinski definition) is 0. The number of amides is 1. The van der Waals surface area contributed by atoms with E-state index in [9.17, 15) is 22.0 Å². The summed E-state index contributed by atoms with van der Waals surface area (Å²) in [5.41, 5.74) is 2.20. The van der Waals surface area contributed by atoms with Gasteiger partial charge in [-0.25, -0.2) is 21.9 Å². The predicted molar refractivity (Wildman–Crippen MR) is 114 cm³/mol. The fourth-order valence-corrected chi connectivity index (χ4v) is 5.36. The molecular formula is C22H22F2N4O3S. The van der Waals surface area contributed by atoms with Gasteiger partial charge >= 0.3 is 0 Å². The Hall–Kier alpha value is -3.11. The zero-order chi connectivity index (χ0) is 23.0. The van der Waals surface area contributed by atoms with Crippen molar-refractivity contribution in [3.05, 3.63) is 77.1 Å². The van der Waals surface area contributed by atoms with Crippen molar-refractivity contribution in [3.8, 4) is 5.69 Å². The molecule has 4 rings (SSSR count). The van der Waals surface area contributed by atoms with Crippen LogP contribution in [-0.2, 0) is 10.0 Å². The van der Waals surface area contributed by atoms with Gasteiger partial charge in [-0.1, -0.05) is 12.1 Å². The van der Waals surface area contributed by atoms with Gasteiger partial charge in [0.25, 0.3) is 5.91 Å². The lowest BCUT2D eigenvalue weighted by atomic mass is 10.1. The van der Waals surface area contributed by atoms with E-state index in [-0.39, 0.29) is 42.8 Å². The molecule has 1 fully saturated rings. The molecule has 1 aliphatic rings. The molecule has 1 saturated heterocycles. The highest BCUT2D eigenvalue weighted by molar-refractivity contribution is 7.89. The number of aromatic nitrogens is 2. The standard InChI is InChI=1S/C22H22F2N4O3S/c1-15-21(16(2)28(25-15)18-9-7-17(23)8-10-18)22(29)26-11-13-27(14-12-26)32(30,31)20-6-4-3-5-19(20)24/h3-10H,11-14H2,1-2H3. The number of rotatable bonds is 4. The van der Waals surface area contributed by atoms with Gasteiger partial charge in [0, 0.05) is 26.2 Å². The summed E-state index contributed by atoms with van der Waals surface area (Å²) in [4.78, 5) is 14.4. The van der Waals surface area contributed by atoms with Crippen molar-refractivity contribution in [2.75, 3.05) is 26.2 Å². The van der Waals surface area contributed by atoms with Gasteiger partial charge in [-0.15, -0.1) is 0 Å². The quantitative estimate of drug-likeness (QED) is 0.600. The van der Waals surface area contributed by atoms with Gasteiger partial charge in [-0.3, -0.25) is 4.79 Å². The first-order chi connectivity index (χ1) is 15.2. The van der Waals surface area contributed by atoms with Crippen LogP contribution >= 0.6 is 0 Å². The maximum Gasteiger partial charge on any atom is 0.257 e. The van der Waals surface area contributed by atoms with Gasteiger partial charge in [0.15, 0.2) is 0 Å². The molecule has 1 aliphatic heterocycles. The molecule has 1 amide bonds. The molecule has 2 aromatic carbocycles. The van der Waals surface area contributed by atoms with Crippen LogP contribution in [0.1, 0.15) is 21.7 Å². The third-order valence-electron chi connectivity index (χ3n) is 5.56. The Morgan fingerprint density at radius 2 is 1.56 bits per heavy atom. The molecule has 2 heterocycles. The molecule has 1 aromatic heterocycles. The van der Waals surface area contributed by atoms with Crippen LogP contribution in [0, 0.1) is 25.5 Å². The van der Waals surface area contributed by atoms with Gasteiger partial charge in [0.1, 0.15) is 16.5 Å². The van der Waals surface area contributed by atoms with E-state index in [4.69, 9.17) is 0 Å². The molecule has 0 bridgehead atoms. The number of halogens is 2. The zero-order valence-corrected chi connectivity index (χ0v) is 18.4. The minimum Gasteiger partial charge on any atom is -0.336 e. The van der Waals surface area contributed by atoms with E-state index in [1.165, 1.54) is 34.6 Å². The van der Waals surface area contributed by atoms with E-state index in [2.05, 4.69) is 5.10 Å². The Kier molecular flexibility index (Phi) is 5.83.